The summed E-state index contributed by atoms with van der Waals surface area (Å²) < 4.78 is 5.62. The molecular formula is C48H56S5+2. The van der Waals surface area contributed by atoms with Gasteiger partial charge in [-0.15, -0.1) is 0 Å². The van der Waals surface area contributed by atoms with Crippen LogP contribution in [0.3, 0.4) is 0 Å². The SMILES string of the molecule is CCCCc1ccc([S+](c2ccc(CCCC)cc2)c2ccc(Sc3ccc([S+](c4ccc(CCCC)cc4)c4ccc(CCCC)cc4)s3)s2)cc1. The Morgan fingerprint density at radius 2 is 0.623 bits per heavy atom. The number of thiophene rings is 2. The van der Waals surface area contributed by atoms with Gasteiger partial charge in [-0.2, -0.15) is 0 Å². The fourth-order valence-electron chi connectivity index (χ4n) is 6.46. The summed E-state index contributed by atoms with van der Waals surface area (Å²) in [6.07, 6.45) is 14.6. The average Bonchev–Trinajstić information content (AvgIpc) is 3.86. The lowest BCUT2D eigenvalue weighted by Gasteiger charge is -2.08. The largest absolute Gasteiger partial charge is 0.221 e. The van der Waals surface area contributed by atoms with E-state index in [1.807, 2.05) is 34.4 Å². The topological polar surface area (TPSA) is 0 Å². The Morgan fingerprint density at radius 3 is 0.868 bits per heavy atom. The molecule has 0 atom stereocenters. The third kappa shape index (κ3) is 11.2. The maximum atomic E-state index is 2.39. The lowest BCUT2D eigenvalue weighted by Crippen LogP contribution is -2.03. The molecular weight excluding hydrogens is 737 g/mol. The number of unbranched alkanes of at least 4 members (excludes halogenated alkanes) is 4. The summed E-state index contributed by atoms with van der Waals surface area (Å²) in [5, 5.41) is 0. The van der Waals surface area contributed by atoms with Gasteiger partial charge in [-0.05, 0) is 134 Å². The van der Waals surface area contributed by atoms with E-state index in [-0.39, 0.29) is 21.8 Å². The Hall–Kier alpha value is -2.67. The van der Waals surface area contributed by atoms with Crippen molar-refractivity contribution in [3.8, 4) is 0 Å². The highest BCUT2D eigenvalue weighted by Crippen LogP contribution is 2.45. The molecule has 0 aliphatic rings. The second-order valence-electron chi connectivity index (χ2n) is 13.9. The third-order valence-corrected chi connectivity index (χ3v) is 18.2. The van der Waals surface area contributed by atoms with Crippen LogP contribution in [0.25, 0.3) is 0 Å². The number of aryl methyl sites for hydroxylation is 4. The summed E-state index contributed by atoms with van der Waals surface area (Å²) in [4.78, 5) is 5.64. The minimum absolute atomic E-state index is 0.131. The van der Waals surface area contributed by atoms with E-state index in [4.69, 9.17) is 0 Å². The molecule has 0 fully saturated rings. The van der Waals surface area contributed by atoms with Gasteiger partial charge in [0.15, 0.2) is 19.6 Å². The maximum Gasteiger partial charge on any atom is 0.221 e. The van der Waals surface area contributed by atoms with Crippen LogP contribution in [-0.4, -0.2) is 0 Å². The molecule has 6 rings (SSSR count). The average molecular weight is 793 g/mol. The number of hydrogen-bond acceptors (Lipinski definition) is 3. The molecule has 0 spiro atoms. The molecule has 0 unspecified atom stereocenters. The van der Waals surface area contributed by atoms with E-state index in [9.17, 15) is 0 Å². The normalized spacial score (nSPS) is 11.6. The second kappa shape index (κ2) is 20.9. The van der Waals surface area contributed by atoms with Crippen molar-refractivity contribution in [2.75, 3.05) is 0 Å². The fourth-order valence-corrected chi connectivity index (χ4v) is 15.6. The van der Waals surface area contributed by atoms with Crippen LogP contribution in [-0.2, 0) is 47.5 Å². The Balaban J connectivity index is 1.26. The summed E-state index contributed by atoms with van der Waals surface area (Å²) in [6, 6.07) is 47.6. The van der Waals surface area contributed by atoms with Crippen LogP contribution in [0.1, 0.15) is 101 Å². The minimum Gasteiger partial charge on any atom is -0.0781 e. The van der Waals surface area contributed by atoms with Crippen LogP contribution in [0.5, 0.6) is 0 Å². The molecule has 0 saturated carbocycles. The van der Waals surface area contributed by atoms with Crippen molar-refractivity contribution in [2.24, 2.45) is 0 Å². The van der Waals surface area contributed by atoms with Crippen molar-refractivity contribution in [1.82, 2.24) is 0 Å². The Morgan fingerprint density at radius 1 is 0.358 bits per heavy atom. The summed E-state index contributed by atoms with van der Waals surface area (Å²) in [7, 11) is -0.261. The Bertz CT molecular complexity index is 1690. The predicted octanol–water partition coefficient (Wildman–Crippen LogP) is 15.5. The van der Waals surface area contributed by atoms with Gasteiger partial charge < -0.3 is 0 Å². The lowest BCUT2D eigenvalue weighted by atomic mass is 10.1. The van der Waals surface area contributed by atoms with Gasteiger partial charge in [0.25, 0.3) is 0 Å². The van der Waals surface area contributed by atoms with Gasteiger partial charge >= 0.3 is 0 Å². The molecule has 0 bridgehead atoms. The summed E-state index contributed by atoms with van der Waals surface area (Å²) in [5.74, 6) is 0. The quantitative estimate of drug-likeness (QED) is 0.0694. The van der Waals surface area contributed by atoms with E-state index in [2.05, 4.69) is 149 Å². The van der Waals surface area contributed by atoms with Gasteiger partial charge in [0.2, 0.25) is 8.42 Å². The molecule has 0 saturated heterocycles. The zero-order chi connectivity index (χ0) is 36.8. The molecule has 53 heavy (non-hydrogen) atoms. The first-order chi connectivity index (χ1) is 26.1. The molecule has 2 aromatic heterocycles. The van der Waals surface area contributed by atoms with Gasteiger partial charge in [0, 0.05) is 12.1 Å². The van der Waals surface area contributed by atoms with Crippen molar-refractivity contribution in [3.63, 3.8) is 0 Å². The molecule has 6 aromatic rings. The van der Waals surface area contributed by atoms with Crippen LogP contribution < -0.4 is 0 Å². The number of rotatable bonds is 20. The minimum atomic E-state index is -0.131. The zero-order valence-corrected chi connectivity index (χ0v) is 36.2. The molecule has 0 aliphatic heterocycles. The maximum absolute atomic E-state index is 2.39. The fraction of sp³-hybridized carbons (Fsp3) is 0.333. The molecule has 0 radical (unpaired) electrons. The van der Waals surface area contributed by atoms with Gasteiger partial charge in [0.1, 0.15) is 21.8 Å². The Kier molecular flexibility index (Phi) is 15.7. The molecule has 2 heterocycles. The summed E-state index contributed by atoms with van der Waals surface area (Å²) >= 11 is 5.88. The molecule has 5 heteroatoms. The zero-order valence-electron chi connectivity index (χ0n) is 32.1. The molecule has 0 nitrogen and oxygen atoms in total. The van der Waals surface area contributed by atoms with Crippen molar-refractivity contribution in [1.29, 1.82) is 0 Å². The van der Waals surface area contributed by atoms with Crippen LogP contribution in [0.2, 0.25) is 0 Å². The highest BCUT2D eigenvalue weighted by molar-refractivity contribution is 8.04. The van der Waals surface area contributed by atoms with Gasteiger partial charge in [0.05, 0.1) is 8.42 Å². The van der Waals surface area contributed by atoms with E-state index < -0.39 is 0 Å². The van der Waals surface area contributed by atoms with Crippen LogP contribution in [0, 0.1) is 0 Å². The highest BCUT2D eigenvalue weighted by atomic mass is 32.2. The Labute approximate surface area is 338 Å². The first-order valence-corrected chi connectivity index (χ1v) is 24.7. The summed E-state index contributed by atoms with van der Waals surface area (Å²) in [6.45, 7) is 9.10. The molecule has 276 valence electrons. The molecule has 4 aromatic carbocycles. The van der Waals surface area contributed by atoms with Crippen molar-refractivity contribution in [3.05, 3.63) is 144 Å². The molecule has 0 N–H and O–H groups in total. The third-order valence-electron chi connectivity index (χ3n) is 9.63. The second-order valence-corrected chi connectivity index (χ2v) is 22.1. The van der Waals surface area contributed by atoms with Crippen molar-refractivity contribution in [2.45, 2.75) is 141 Å². The van der Waals surface area contributed by atoms with E-state index in [0.717, 1.165) is 25.7 Å². The van der Waals surface area contributed by atoms with E-state index in [1.165, 1.54) is 110 Å². The van der Waals surface area contributed by atoms with Crippen molar-refractivity contribution >= 4 is 56.2 Å². The van der Waals surface area contributed by atoms with Gasteiger partial charge in [-0.1, -0.05) is 136 Å². The van der Waals surface area contributed by atoms with Crippen LogP contribution in [0.15, 0.2) is 158 Å². The molecule has 0 amide bonds. The van der Waals surface area contributed by atoms with Gasteiger partial charge in [-0.25, -0.2) is 0 Å². The van der Waals surface area contributed by atoms with Crippen LogP contribution in [0.4, 0.5) is 0 Å². The first kappa shape index (κ1) is 40.0. The first-order valence-electron chi connectivity index (χ1n) is 19.8. The lowest BCUT2D eigenvalue weighted by molar-refractivity contribution is 0.794. The predicted molar refractivity (Wildman–Crippen MR) is 237 cm³/mol. The number of benzene rings is 4. The van der Waals surface area contributed by atoms with Crippen LogP contribution >= 0.6 is 34.4 Å². The number of hydrogen-bond donors (Lipinski definition) is 0. The monoisotopic (exact) mass is 792 g/mol. The smallest absolute Gasteiger partial charge is 0.0781 e. The van der Waals surface area contributed by atoms with E-state index in [1.54, 1.807) is 0 Å². The van der Waals surface area contributed by atoms with E-state index >= 15 is 0 Å². The molecule has 0 aliphatic carbocycles. The standard InChI is InChI=1S/C48H56S5/c1-5-9-13-37-17-25-41(26-18-37)52(42-27-19-38(20-28-42)14-10-6-2)47-35-33-45(50-47)49-46-34-36-48(51-46)53(43-29-21-39(22-30-43)15-11-7-3)44-31-23-40(24-32-44)16-12-8-4/h17-36H,5-16H2,1-4H3/q+2. The summed E-state index contributed by atoms with van der Waals surface area (Å²) in [5.41, 5.74) is 5.79. The highest BCUT2D eigenvalue weighted by Gasteiger charge is 2.33. The van der Waals surface area contributed by atoms with Crippen molar-refractivity contribution < 1.29 is 0 Å². The van der Waals surface area contributed by atoms with E-state index in [0.29, 0.717) is 0 Å². The van der Waals surface area contributed by atoms with Gasteiger partial charge in [-0.3, -0.25) is 0 Å².